The summed E-state index contributed by atoms with van der Waals surface area (Å²) < 4.78 is 37.9. The van der Waals surface area contributed by atoms with E-state index >= 15 is 0 Å². The van der Waals surface area contributed by atoms with Crippen LogP contribution in [0.5, 0.6) is 0 Å². The van der Waals surface area contributed by atoms with Crippen molar-refractivity contribution in [1.82, 2.24) is 10.0 Å². The van der Waals surface area contributed by atoms with Gasteiger partial charge in [-0.25, -0.2) is 0 Å². The number of carbonyl (C=O) groups is 1. The second-order valence-corrected chi connectivity index (χ2v) is 14.3. The Morgan fingerprint density at radius 3 is 1.85 bits per heavy atom. The molecule has 9 heteroatoms. The monoisotopic (exact) mass is 662 g/mol. The van der Waals surface area contributed by atoms with Crippen molar-refractivity contribution < 1.29 is 22.7 Å². The maximum absolute atomic E-state index is 12.4. The van der Waals surface area contributed by atoms with Crippen LogP contribution in [0.3, 0.4) is 0 Å². The topological polar surface area (TPSA) is 93.7 Å². The molecule has 0 saturated heterocycles. The van der Waals surface area contributed by atoms with E-state index < -0.39 is 22.2 Å². The van der Waals surface area contributed by atoms with E-state index in [1.54, 1.807) is 0 Å². The molecule has 2 atom stereocenters. The number of sulfonamides is 1. The predicted molar refractivity (Wildman–Crippen MR) is 172 cm³/mol. The summed E-state index contributed by atoms with van der Waals surface area (Å²) in [6.45, 7) is 2.90. The zero-order chi connectivity index (χ0) is 30.0. The Morgan fingerprint density at radius 2 is 1.34 bits per heavy atom. The summed E-state index contributed by atoms with van der Waals surface area (Å²) in [5.74, 6) is 0.0123. The van der Waals surface area contributed by atoms with Crippen LogP contribution in [0.15, 0.2) is 30.3 Å². The van der Waals surface area contributed by atoms with Crippen molar-refractivity contribution in [2.75, 3.05) is 32.6 Å². The maximum atomic E-state index is 12.4. The van der Waals surface area contributed by atoms with Crippen LogP contribution in [-0.4, -0.2) is 69.2 Å². The SMILES string of the molecule is CCCCCCCCCCCCCCCCCCNC(=O)OCC(CNS(=O)(=O)CCC([SeH])c1ccccc1)OC. The molecule has 0 fully saturated rings. The number of ether oxygens (including phenoxy) is 2. The van der Waals surface area contributed by atoms with Crippen LogP contribution in [0.4, 0.5) is 4.79 Å². The average Bonchev–Trinajstić information content (AvgIpc) is 2.98. The van der Waals surface area contributed by atoms with Crippen LogP contribution >= 0.6 is 0 Å². The molecule has 0 radical (unpaired) electrons. The second-order valence-electron chi connectivity index (χ2n) is 11.1. The van der Waals surface area contributed by atoms with Crippen LogP contribution in [0.1, 0.15) is 126 Å². The van der Waals surface area contributed by atoms with E-state index in [4.69, 9.17) is 9.47 Å². The summed E-state index contributed by atoms with van der Waals surface area (Å²) in [4.78, 5) is 12.1. The van der Waals surface area contributed by atoms with Crippen molar-refractivity contribution in [2.24, 2.45) is 0 Å². The third-order valence-electron chi connectivity index (χ3n) is 7.41. The molecule has 1 aromatic carbocycles. The number of hydrogen-bond donors (Lipinski definition) is 2. The van der Waals surface area contributed by atoms with Crippen molar-refractivity contribution in [3.8, 4) is 0 Å². The molecule has 0 heterocycles. The van der Waals surface area contributed by atoms with Gasteiger partial charge in [-0.05, 0) is 6.42 Å². The van der Waals surface area contributed by atoms with Crippen LogP contribution in [0.25, 0.3) is 0 Å². The van der Waals surface area contributed by atoms with E-state index in [0.29, 0.717) is 13.0 Å². The van der Waals surface area contributed by atoms with Gasteiger partial charge in [0, 0.05) is 0 Å². The van der Waals surface area contributed by atoms with Gasteiger partial charge in [-0.3, -0.25) is 0 Å². The van der Waals surface area contributed by atoms with Gasteiger partial charge >= 0.3 is 151 Å². The molecule has 0 aromatic heterocycles. The number of nitrogens with one attached hydrogen (secondary N) is 2. The first-order valence-electron chi connectivity index (χ1n) is 16.0. The van der Waals surface area contributed by atoms with E-state index in [1.165, 1.54) is 97.0 Å². The van der Waals surface area contributed by atoms with Crippen molar-refractivity contribution in [3.05, 3.63) is 35.9 Å². The average molecular weight is 662 g/mol. The first-order valence-corrected chi connectivity index (χ1v) is 18.7. The summed E-state index contributed by atoms with van der Waals surface area (Å²) >= 11 is 2.53. The standard InChI is InChI=1S/C32H58N2O5SSe/c1-3-4-5-6-7-8-9-10-11-12-13-14-15-16-17-21-25-33-32(35)39-28-30(38-2)27-34-40(36,37)26-24-31(41)29-22-19-18-20-23-29/h18-20,22-23,30-31,34,41H,3-17,21,24-28H2,1-2H3,(H,33,35). The molecule has 0 aliphatic rings. The van der Waals surface area contributed by atoms with Gasteiger partial charge in [0.1, 0.15) is 0 Å². The van der Waals surface area contributed by atoms with Crippen LogP contribution < -0.4 is 10.0 Å². The molecule has 2 unspecified atom stereocenters. The van der Waals surface area contributed by atoms with Gasteiger partial charge in [0.2, 0.25) is 0 Å². The molecule has 1 aromatic rings. The molecule has 41 heavy (non-hydrogen) atoms. The van der Waals surface area contributed by atoms with E-state index in [9.17, 15) is 13.2 Å². The fraction of sp³-hybridized carbons (Fsp3) is 0.781. The van der Waals surface area contributed by atoms with Crippen molar-refractivity contribution in [3.63, 3.8) is 0 Å². The summed E-state index contributed by atoms with van der Waals surface area (Å²) in [6.07, 6.45) is 20.5. The van der Waals surface area contributed by atoms with Crippen molar-refractivity contribution >= 4 is 32.1 Å². The Balaban J connectivity index is 1.98. The Bertz CT molecular complexity index is 857. The number of unbranched alkanes of at least 4 members (excludes halogenated alkanes) is 15. The zero-order valence-corrected chi connectivity index (χ0v) is 28.5. The second kappa shape index (κ2) is 25.4. The molecule has 0 aliphatic heterocycles. The predicted octanol–water partition coefficient (Wildman–Crippen LogP) is 6.94. The van der Waals surface area contributed by atoms with Gasteiger partial charge in [-0.2, -0.15) is 0 Å². The Morgan fingerprint density at radius 1 is 0.829 bits per heavy atom. The summed E-state index contributed by atoms with van der Waals surface area (Å²) in [7, 11) is -1.99. The molecule has 0 aliphatic carbocycles. The van der Waals surface area contributed by atoms with Crippen LogP contribution in [0, 0.1) is 0 Å². The number of methoxy groups -OCH3 is 1. The quantitative estimate of drug-likeness (QED) is 0.0787. The van der Waals surface area contributed by atoms with Gasteiger partial charge in [0.05, 0.1) is 0 Å². The Labute approximate surface area is 259 Å². The number of carbonyl (C=O) groups excluding carboxylic acids is 1. The molecule has 1 rings (SSSR count). The van der Waals surface area contributed by atoms with E-state index in [-0.39, 0.29) is 23.7 Å². The number of rotatable bonds is 27. The van der Waals surface area contributed by atoms with Crippen molar-refractivity contribution in [1.29, 1.82) is 0 Å². The summed E-state index contributed by atoms with van der Waals surface area (Å²) in [5.41, 5.74) is 1.09. The molecule has 7 nitrogen and oxygen atoms in total. The fourth-order valence-corrected chi connectivity index (χ4v) is 6.84. The summed E-state index contributed by atoms with van der Waals surface area (Å²) in [5, 5.41) is 2.78. The third kappa shape index (κ3) is 22.1. The zero-order valence-electron chi connectivity index (χ0n) is 25.8. The molecule has 0 saturated carbocycles. The number of hydrogen-bond acceptors (Lipinski definition) is 5. The Hall–Kier alpha value is -1.12. The summed E-state index contributed by atoms with van der Waals surface area (Å²) in [6, 6.07) is 9.82. The minimum absolute atomic E-state index is 0.0123. The normalized spacial score (nSPS) is 13.1. The van der Waals surface area contributed by atoms with Gasteiger partial charge in [0.15, 0.2) is 0 Å². The molecule has 238 valence electrons. The first-order chi connectivity index (χ1) is 19.9. The molecule has 0 spiro atoms. The van der Waals surface area contributed by atoms with Gasteiger partial charge in [-0.1, -0.05) is 103 Å². The number of alkyl carbamates (subject to hydrolysis) is 1. The molecule has 0 bridgehead atoms. The third-order valence-corrected chi connectivity index (χ3v) is 9.96. The van der Waals surface area contributed by atoms with Gasteiger partial charge in [-0.15, -0.1) is 0 Å². The molecule has 2 N–H and O–H groups in total. The minimum atomic E-state index is -3.46. The van der Waals surface area contributed by atoms with Crippen LogP contribution in [-0.2, 0) is 19.5 Å². The molecular weight excluding hydrogens is 603 g/mol. The first kappa shape index (κ1) is 37.9. The van der Waals surface area contributed by atoms with E-state index in [2.05, 4.69) is 33.0 Å². The molecule has 1 amide bonds. The Kier molecular flexibility index (Phi) is 23.5. The van der Waals surface area contributed by atoms with E-state index in [1.807, 2.05) is 30.3 Å². The number of benzene rings is 1. The van der Waals surface area contributed by atoms with Crippen molar-refractivity contribution in [2.45, 2.75) is 127 Å². The van der Waals surface area contributed by atoms with Crippen LogP contribution in [0.2, 0.25) is 0 Å². The fourth-order valence-electron chi connectivity index (χ4n) is 4.69. The van der Waals surface area contributed by atoms with E-state index in [0.717, 1.165) is 18.4 Å². The molecular formula is C32H58N2O5SSe. The van der Waals surface area contributed by atoms with Gasteiger partial charge < -0.3 is 0 Å². The van der Waals surface area contributed by atoms with Gasteiger partial charge in [0.25, 0.3) is 0 Å². The number of amides is 1.